The minimum absolute atomic E-state index is 0.107. The number of rotatable bonds is 2. The van der Waals surface area contributed by atoms with Crippen LogP contribution in [0.3, 0.4) is 0 Å². The van der Waals surface area contributed by atoms with Crippen molar-refractivity contribution < 1.29 is 14.4 Å². The third-order valence-electron chi connectivity index (χ3n) is 4.62. The van der Waals surface area contributed by atoms with Gasteiger partial charge in [0, 0.05) is 19.1 Å². The number of nitrogens with zero attached hydrogens (tertiary/aromatic N) is 2. The number of imide groups is 1. The first-order valence-corrected chi connectivity index (χ1v) is 8.16. The van der Waals surface area contributed by atoms with E-state index in [0.29, 0.717) is 36.1 Å². The predicted molar refractivity (Wildman–Crippen MR) is 83.5 cm³/mol. The summed E-state index contributed by atoms with van der Waals surface area (Å²) in [7, 11) is 0. The Morgan fingerprint density at radius 3 is 2.65 bits per heavy atom. The van der Waals surface area contributed by atoms with Crippen molar-refractivity contribution in [3.63, 3.8) is 0 Å². The lowest BCUT2D eigenvalue weighted by Crippen LogP contribution is -2.44. The van der Waals surface area contributed by atoms with Crippen LogP contribution in [0.25, 0.3) is 0 Å². The summed E-state index contributed by atoms with van der Waals surface area (Å²) in [6.07, 6.45) is 2.65. The van der Waals surface area contributed by atoms with Gasteiger partial charge in [-0.2, -0.15) is 0 Å². The van der Waals surface area contributed by atoms with E-state index in [9.17, 15) is 14.4 Å². The normalized spacial score (nSPS) is 23.4. The monoisotopic (exact) mass is 333 g/mol. The highest BCUT2D eigenvalue weighted by molar-refractivity contribution is 6.37. The van der Waals surface area contributed by atoms with Crippen molar-refractivity contribution in [1.29, 1.82) is 0 Å². The van der Waals surface area contributed by atoms with Crippen molar-refractivity contribution in [2.45, 2.75) is 31.3 Å². The second-order valence-corrected chi connectivity index (χ2v) is 6.66. The molecule has 1 N–H and O–H groups in total. The highest BCUT2D eigenvalue weighted by Gasteiger charge is 2.44. The number of halogens is 1. The van der Waals surface area contributed by atoms with E-state index >= 15 is 0 Å². The predicted octanol–water partition coefficient (Wildman–Crippen LogP) is 1.88. The lowest BCUT2D eigenvalue weighted by atomic mass is 10.1. The molecule has 120 valence electrons. The van der Waals surface area contributed by atoms with Crippen LogP contribution in [-0.4, -0.2) is 52.8 Å². The molecular weight excluding hydrogens is 318 g/mol. The molecule has 4 amide bonds. The first kappa shape index (κ1) is 14.5. The van der Waals surface area contributed by atoms with Gasteiger partial charge in [0.1, 0.15) is 0 Å². The topological polar surface area (TPSA) is 69.7 Å². The maximum absolute atomic E-state index is 12.6. The Balaban J connectivity index is 1.51. The van der Waals surface area contributed by atoms with Crippen LogP contribution in [0.4, 0.5) is 4.79 Å². The zero-order valence-electron chi connectivity index (χ0n) is 12.4. The van der Waals surface area contributed by atoms with Gasteiger partial charge in [-0.1, -0.05) is 17.7 Å². The van der Waals surface area contributed by atoms with Gasteiger partial charge in [0.05, 0.1) is 22.2 Å². The Hall–Kier alpha value is -2.08. The number of likely N-dealkylation sites (tertiary alicyclic amines) is 1. The second-order valence-electron chi connectivity index (χ2n) is 6.25. The fraction of sp³-hybridized carbons (Fsp3) is 0.438. The maximum atomic E-state index is 12.6. The van der Waals surface area contributed by atoms with E-state index < -0.39 is 0 Å². The Morgan fingerprint density at radius 2 is 1.96 bits per heavy atom. The van der Waals surface area contributed by atoms with Crippen LogP contribution in [0, 0.1) is 0 Å². The van der Waals surface area contributed by atoms with Crippen LogP contribution in [0.2, 0.25) is 5.02 Å². The molecule has 1 atom stereocenters. The lowest BCUT2D eigenvalue weighted by molar-refractivity contribution is 0.0590. The third-order valence-corrected chi connectivity index (χ3v) is 4.93. The summed E-state index contributed by atoms with van der Waals surface area (Å²) < 4.78 is 0. The van der Waals surface area contributed by atoms with E-state index in [2.05, 4.69) is 5.32 Å². The molecule has 1 aliphatic carbocycles. The molecule has 1 unspecified atom stereocenters. The standard InChI is InChI=1S/C16H16ClN3O3/c17-12-3-1-2-11-13(12)15(22)20(14(11)21)10-6-7-19(8-10)16(23)18-9-4-5-9/h1-3,9-10H,4-8H2,(H,18,23). The van der Waals surface area contributed by atoms with Crippen LogP contribution < -0.4 is 5.32 Å². The van der Waals surface area contributed by atoms with Gasteiger partial charge >= 0.3 is 6.03 Å². The van der Waals surface area contributed by atoms with Gasteiger partial charge in [-0.05, 0) is 31.4 Å². The summed E-state index contributed by atoms with van der Waals surface area (Å²) in [5.74, 6) is -0.674. The fourth-order valence-corrected chi connectivity index (χ4v) is 3.48. The van der Waals surface area contributed by atoms with Gasteiger partial charge in [-0.25, -0.2) is 4.79 Å². The third kappa shape index (κ3) is 2.37. The molecule has 0 bridgehead atoms. The molecule has 1 aromatic carbocycles. The number of benzene rings is 1. The highest BCUT2D eigenvalue weighted by atomic mass is 35.5. The number of amides is 4. The second kappa shape index (κ2) is 5.23. The summed E-state index contributed by atoms with van der Waals surface area (Å²) in [5.41, 5.74) is 0.628. The number of hydrogen-bond acceptors (Lipinski definition) is 3. The molecule has 3 aliphatic rings. The minimum atomic E-state index is -0.356. The van der Waals surface area contributed by atoms with Gasteiger partial charge < -0.3 is 10.2 Å². The maximum Gasteiger partial charge on any atom is 0.317 e. The average Bonchev–Trinajstić information content (AvgIpc) is 3.13. The molecule has 0 aromatic heterocycles. The molecule has 7 heteroatoms. The van der Waals surface area contributed by atoms with Gasteiger partial charge in [0.25, 0.3) is 11.8 Å². The van der Waals surface area contributed by atoms with Crippen molar-refractivity contribution in [3.8, 4) is 0 Å². The SMILES string of the molecule is O=C(NC1CC1)N1CCC(N2C(=O)c3cccc(Cl)c3C2=O)C1. The van der Waals surface area contributed by atoms with E-state index in [-0.39, 0.29) is 29.5 Å². The number of fused-ring (bicyclic) bond motifs is 1. The number of carbonyl (C=O) groups excluding carboxylic acids is 3. The van der Waals surface area contributed by atoms with Crippen LogP contribution in [0.1, 0.15) is 40.0 Å². The van der Waals surface area contributed by atoms with E-state index in [1.807, 2.05) is 0 Å². The molecule has 0 radical (unpaired) electrons. The van der Waals surface area contributed by atoms with Crippen LogP contribution in [-0.2, 0) is 0 Å². The molecule has 6 nitrogen and oxygen atoms in total. The quantitative estimate of drug-likeness (QED) is 0.840. The molecule has 1 aromatic rings. The van der Waals surface area contributed by atoms with Crippen molar-refractivity contribution in [2.75, 3.05) is 13.1 Å². The number of nitrogens with one attached hydrogen (secondary N) is 1. The zero-order valence-corrected chi connectivity index (χ0v) is 13.2. The summed E-state index contributed by atoms with van der Waals surface area (Å²) in [5, 5.41) is 3.23. The first-order chi connectivity index (χ1) is 11.1. The average molecular weight is 334 g/mol. The van der Waals surface area contributed by atoms with Crippen molar-refractivity contribution in [1.82, 2.24) is 15.1 Å². The Bertz CT molecular complexity index is 717. The van der Waals surface area contributed by atoms with E-state index in [1.165, 1.54) is 4.90 Å². The summed E-state index contributed by atoms with van der Waals surface area (Å²) in [4.78, 5) is 40.2. The first-order valence-electron chi connectivity index (χ1n) is 7.78. The Kier molecular flexibility index (Phi) is 3.30. The lowest BCUT2D eigenvalue weighted by Gasteiger charge is -2.22. The highest BCUT2D eigenvalue weighted by Crippen LogP contribution is 2.32. The smallest absolute Gasteiger partial charge is 0.317 e. The molecular formula is C16H16ClN3O3. The van der Waals surface area contributed by atoms with Gasteiger partial charge in [-0.3, -0.25) is 14.5 Å². The molecule has 23 heavy (non-hydrogen) atoms. The number of hydrogen-bond donors (Lipinski definition) is 1. The molecule has 2 heterocycles. The summed E-state index contributed by atoms with van der Waals surface area (Å²) in [6, 6.07) is 4.79. The van der Waals surface area contributed by atoms with E-state index in [4.69, 9.17) is 11.6 Å². The summed E-state index contributed by atoms with van der Waals surface area (Å²) in [6.45, 7) is 0.923. The molecule has 4 rings (SSSR count). The van der Waals surface area contributed by atoms with Gasteiger partial charge in [0.15, 0.2) is 0 Å². The minimum Gasteiger partial charge on any atom is -0.335 e. The summed E-state index contributed by atoms with van der Waals surface area (Å²) >= 11 is 6.07. The molecule has 2 aliphatic heterocycles. The Labute approximate surface area is 138 Å². The van der Waals surface area contributed by atoms with Crippen molar-refractivity contribution in [3.05, 3.63) is 34.3 Å². The van der Waals surface area contributed by atoms with Gasteiger partial charge in [-0.15, -0.1) is 0 Å². The zero-order chi connectivity index (χ0) is 16.1. The molecule has 1 saturated heterocycles. The van der Waals surface area contributed by atoms with Gasteiger partial charge in [0.2, 0.25) is 0 Å². The molecule has 2 fully saturated rings. The van der Waals surface area contributed by atoms with Crippen LogP contribution in [0.5, 0.6) is 0 Å². The molecule has 1 saturated carbocycles. The largest absolute Gasteiger partial charge is 0.335 e. The fourth-order valence-electron chi connectivity index (χ4n) is 3.22. The van der Waals surface area contributed by atoms with Crippen LogP contribution >= 0.6 is 11.6 Å². The number of urea groups is 1. The van der Waals surface area contributed by atoms with Crippen molar-refractivity contribution in [2.24, 2.45) is 0 Å². The molecule has 0 spiro atoms. The number of carbonyl (C=O) groups is 3. The van der Waals surface area contributed by atoms with E-state index in [1.54, 1.807) is 23.1 Å². The Morgan fingerprint density at radius 1 is 1.17 bits per heavy atom. The van der Waals surface area contributed by atoms with E-state index in [0.717, 1.165) is 12.8 Å². The van der Waals surface area contributed by atoms with Crippen molar-refractivity contribution >= 4 is 29.4 Å². The van der Waals surface area contributed by atoms with Crippen LogP contribution in [0.15, 0.2) is 18.2 Å².